The predicted molar refractivity (Wildman–Crippen MR) is 85.1 cm³/mol. The van der Waals surface area contributed by atoms with Gasteiger partial charge in [-0.05, 0) is 36.1 Å². The molecule has 0 spiro atoms. The first kappa shape index (κ1) is 13.7. The van der Waals surface area contributed by atoms with Crippen molar-refractivity contribution in [2.75, 3.05) is 11.1 Å². The van der Waals surface area contributed by atoms with E-state index in [0.717, 1.165) is 16.5 Å². The summed E-state index contributed by atoms with van der Waals surface area (Å²) in [6.07, 6.45) is 5.03. The van der Waals surface area contributed by atoms with Crippen LogP contribution in [-0.2, 0) is 0 Å². The fourth-order valence-electron chi connectivity index (χ4n) is 2.24. The molecule has 5 N–H and O–H groups in total. The number of amides is 2. The van der Waals surface area contributed by atoms with Gasteiger partial charge >= 0.3 is 6.03 Å². The second-order valence-electron chi connectivity index (χ2n) is 4.86. The Bertz CT molecular complexity index is 877. The first-order valence-electron chi connectivity index (χ1n) is 6.58. The van der Waals surface area contributed by atoms with Crippen LogP contribution in [0.5, 0.6) is 0 Å². The number of primary amides is 1. The highest BCUT2D eigenvalue weighted by atomic mass is 16.2. The Morgan fingerprint density at radius 1 is 1.27 bits per heavy atom. The highest BCUT2D eigenvalue weighted by Crippen LogP contribution is 2.28. The van der Waals surface area contributed by atoms with Crippen LogP contribution in [0.4, 0.5) is 16.4 Å². The number of nitrogens with zero attached hydrogens (tertiary/aromatic N) is 3. The van der Waals surface area contributed by atoms with Crippen LogP contribution < -0.4 is 16.8 Å². The number of hydrogen-bond acceptors (Lipinski definition) is 5. The van der Waals surface area contributed by atoms with Gasteiger partial charge in [-0.25, -0.2) is 14.8 Å². The van der Waals surface area contributed by atoms with Crippen molar-refractivity contribution in [2.24, 2.45) is 5.73 Å². The summed E-state index contributed by atoms with van der Waals surface area (Å²) in [6, 6.07) is 4.82. The maximum atomic E-state index is 10.9. The SMILES string of the molecule is Cc1ccncc1-c1cc2cc(NC(N)=O)ncc2c(N)n1. The van der Waals surface area contributed by atoms with Crippen LogP contribution >= 0.6 is 0 Å². The number of nitrogens with one attached hydrogen (secondary N) is 1. The number of pyridine rings is 3. The highest BCUT2D eigenvalue weighted by molar-refractivity contribution is 5.96. The van der Waals surface area contributed by atoms with Gasteiger partial charge < -0.3 is 11.5 Å². The number of anilines is 2. The average molecular weight is 294 g/mol. The largest absolute Gasteiger partial charge is 0.383 e. The Kier molecular flexibility index (Phi) is 3.30. The summed E-state index contributed by atoms with van der Waals surface area (Å²) in [4.78, 5) is 23.5. The number of carbonyl (C=O) groups excluding carboxylic acids is 1. The van der Waals surface area contributed by atoms with E-state index < -0.39 is 6.03 Å². The van der Waals surface area contributed by atoms with E-state index >= 15 is 0 Å². The normalized spacial score (nSPS) is 10.6. The number of aryl methyl sites for hydroxylation is 1. The molecular formula is C15H14N6O. The maximum Gasteiger partial charge on any atom is 0.317 e. The predicted octanol–water partition coefficient (Wildman–Crippen LogP) is 2.07. The lowest BCUT2D eigenvalue weighted by Crippen LogP contribution is -2.19. The zero-order valence-electron chi connectivity index (χ0n) is 11.9. The van der Waals surface area contributed by atoms with E-state index in [0.29, 0.717) is 22.7 Å². The molecule has 7 nitrogen and oxygen atoms in total. The van der Waals surface area contributed by atoms with Gasteiger partial charge in [-0.3, -0.25) is 10.3 Å². The molecule has 3 rings (SSSR count). The molecular weight excluding hydrogens is 280 g/mol. The molecule has 22 heavy (non-hydrogen) atoms. The van der Waals surface area contributed by atoms with Crippen LogP contribution in [0.3, 0.4) is 0 Å². The molecule has 2 amide bonds. The van der Waals surface area contributed by atoms with Crippen LogP contribution in [0.25, 0.3) is 22.0 Å². The lowest BCUT2D eigenvalue weighted by atomic mass is 10.1. The molecule has 0 aliphatic carbocycles. The van der Waals surface area contributed by atoms with Crippen LogP contribution in [0.2, 0.25) is 0 Å². The average Bonchev–Trinajstić information content (AvgIpc) is 2.46. The minimum Gasteiger partial charge on any atom is -0.383 e. The van der Waals surface area contributed by atoms with Crippen molar-refractivity contribution in [3.05, 3.63) is 42.4 Å². The van der Waals surface area contributed by atoms with Crippen molar-refractivity contribution in [1.29, 1.82) is 0 Å². The molecule has 110 valence electrons. The van der Waals surface area contributed by atoms with Crippen LogP contribution in [-0.4, -0.2) is 21.0 Å². The molecule has 0 radical (unpaired) electrons. The van der Waals surface area contributed by atoms with Crippen molar-refractivity contribution < 1.29 is 4.79 Å². The minimum absolute atomic E-state index is 0.361. The third-order valence-corrected chi connectivity index (χ3v) is 3.31. The molecule has 0 aromatic carbocycles. The zero-order chi connectivity index (χ0) is 15.7. The molecule has 0 fully saturated rings. The number of nitrogens with two attached hydrogens (primary N) is 2. The number of carbonyl (C=O) groups is 1. The second-order valence-corrected chi connectivity index (χ2v) is 4.86. The summed E-state index contributed by atoms with van der Waals surface area (Å²) in [5.41, 5.74) is 13.8. The van der Waals surface area contributed by atoms with Crippen LogP contribution in [0.15, 0.2) is 36.8 Å². The summed E-state index contributed by atoms with van der Waals surface area (Å²) in [6.45, 7) is 1.98. The Morgan fingerprint density at radius 3 is 2.82 bits per heavy atom. The number of nitrogen functional groups attached to an aromatic ring is 1. The van der Waals surface area contributed by atoms with Crippen molar-refractivity contribution in [2.45, 2.75) is 6.92 Å². The third kappa shape index (κ3) is 2.51. The number of aromatic nitrogens is 3. The quantitative estimate of drug-likeness (QED) is 0.668. The van der Waals surface area contributed by atoms with Gasteiger partial charge in [0, 0.05) is 29.5 Å². The van der Waals surface area contributed by atoms with Gasteiger partial charge in [0.15, 0.2) is 0 Å². The van der Waals surface area contributed by atoms with Gasteiger partial charge in [0.25, 0.3) is 0 Å². The van der Waals surface area contributed by atoms with Crippen LogP contribution in [0.1, 0.15) is 5.56 Å². The lowest BCUT2D eigenvalue weighted by molar-refractivity contribution is 0.259. The molecule has 0 atom stereocenters. The van der Waals surface area contributed by atoms with Crippen molar-refractivity contribution in [1.82, 2.24) is 15.0 Å². The van der Waals surface area contributed by atoms with Crippen molar-refractivity contribution >= 4 is 28.4 Å². The minimum atomic E-state index is -0.669. The van der Waals surface area contributed by atoms with Gasteiger partial charge in [0.1, 0.15) is 11.6 Å². The van der Waals surface area contributed by atoms with Crippen molar-refractivity contribution in [3.63, 3.8) is 0 Å². The molecule has 3 heterocycles. The third-order valence-electron chi connectivity index (χ3n) is 3.31. The van der Waals surface area contributed by atoms with Gasteiger partial charge in [0.2, 0.25) is 0 Å². The van der Waals surface area contributed by atoms with Gasteiger partial charge in [0.05, 0.1) is 5.69 Å². The smallest absolute Gasteiger partial charge is 0.317 e. The molecule has 0 aliphatic rings. The molecule has 0 unspecified atom stereocenters. The summed E-state index contributed by atoms with van der Waals surface area (Å²) in [5, 5.41) is 3.96. The van der Waals surface area contributed by atoms with Crippen molar-refractivity contribution in [3.8, 4) is 11.3 Å². The molecule has 3 aromatic heterocycles. The Labute approximate surface area is 126 Å². The van der Waals surface area contributed by atoms with E-state index in [1.807, 2.05) is 19.1 Å². The molecule has 0 aliphatic heterocycles. The first-order valence-corrected chi connectivity index (χ1v) is 6.58. The summed E-state index contributed by atoms with van der Waals surface area (Å²) in [5.74, 6) is 0.730. The number of hydrogen-bond donors (Lipinski definition) is 3. The molecule has 0 saturated carbocycles. The number of rotatable bonds is 2. The van der Waals surface area contributed by atoms with E-state index in [2.05, 4.69) is 20.3 Å². The summed E-state index contributed by atoms with van der Waals surface area (Å²) >= 11 is 0. The molecule has 7 heteroatoms. The van der Waals surface area contributed by atoms with E-state index in [4.69, 9.17) is 11.5 Å². The first-order chi connectivity index (χ1) is 10.5. The topological polar surface area (TPSA) is 120 Å². The monoisotopic (exact) mass is 294 g/mol. The molecule has 0 saturated heterocycles. The standard InChI is InChI=1S/C15H14N6O/c1-8-2-3-18-6-10(8)12-4-9-5-13(21-15(17)22)19-7-11(9)14(16)20-12/h2-7H,1H3,(H2,16,20)(H3,17,19,21,22). The zero-order valence-corrected chi connectivity index (χ0v) is 11.9. The van der Waals surface area contributed by atoms with E-state index in [9.17, 15) is 4.79 Å². The number of urea groups is 1. The fraction of sp³-hybridized carbons (Fsp3) is 0.0667. The number of fused-ring (bicyclic) bond motifs is 1. The Hall–Kier alpha value is -3.22. The highest BCUT2D eigenvalue weighted by Gasteiger charge is 2.09. The van der Waals surface area contributed by atoms with Crippen LogP contribution in [0, 0.1) is 6.92 Å². The molecule has 3 aromatic rings. The fourth-order valence-corrected chi connectivity index (χ4v) is 2.24. The van der Waals surface area contributed by atoms with E-state index in [-0.39, 0.29) is 0 Å². The lowest BCUT2D eigenvalue weighted by Gasteiger charge is -2.09. The van der Waals surface area contributed by atoms with E-state index in [1.54, 1.807) is 24.7 Å². The van der Waals surface area contributed by atoms with E-state index in [1.165, 1.54) is 0 Å². The van der Waals surface area contributed by atoms with Gasteiger partial charge in [-0.15, -0.1) is 0 Å². The van der Waals surface area contributed by atoms with Gasteiger partial charge in [-0.1, -0.05) is 0 Å². The summed E-state index contributed by atoms with van der Waals surface area (Å²) in [7, 11) is 0. The maximum absolute atomic E-state index is 10.9. The summed E-state index contributed by atoms with van der Waals surface area (Å²) < 4.78 is 0. The Morgan fingerprint density at radius 2 is 2.09 bits per heavy atom. The molecule has 0 bridgehead atoms. The second kappa shape index (κ2) is 5.28. The Balaban J connectivity index is 2.17. The van der Waals surface area contributed by atoms with Gasteiger partial charge in [-0.2, -0.15) is 0 Å².